The number of carbonyl (C=O) groups is 2. The van der Waals surface area contributed by atoms with Crippen LogP contribution in [0.4, 0.5) is 4.79 Å². The lowest BCUT2D eigenvalue weighted by atomic mass is 10.0. The number of aryl methyl sites for hydroxylation is 1. The van der Waals surface area contributed by atoms with Crippen molar-refractivity contribution in [1.29, 1.82) is 0 Å². The van der Waals surface area contributed by atoms with Gasteiger partial charge in [-0.1, -0.05) is 109 Å². The summed E-state index contributed by atoms with van der Waals surface area (Å²) < 4.78 is 5.78. The van der Waals surface area contributed by atoms with Crippen LogP contribution in [0.5, 0.6) is 0 Å². The standard InChI is InChI=1S/C33H29N3O3/c1-24-18-20-27(21-19-24)30-29(22-25-12-6-3-7-13-25)36(33(38)39-23-26-14-8-4-9-15-26)32(35(30)2)34-31(37)28-16-10-5-11-17-28/h3-22,30H,23H2,1-2H3/b29-22-,34-32?. The first kappa shape index (κ1) is 25.7. The maximum absolute atomic E-state index is 13.8. The zero-order chi connectivity index (χ0) is 27.2. The molecule has 4 aromatic carbocycles. The molecule has 0 aromatic heterocycles. The lowest BCUT2D eigenvalue weighted by molar-refractivity contribution is 0.0999. The van der Waals surface area contributed by atoms with Gasteiger partial charge in [-0.25, -0.2) is 9.69 Å². The van der Waals surface area contributed by atoms with E-state index in [1.54, 1.807) is 24.3 Å². The van der Waals surface area contributed by atoms with E-state index in [9.17, 15) is 9.59 Å². The van der Waals surface area contributed by atoms with Crippen LogP contribution >= 0.6 is 0 Å². The number of carbonyl (C=O) groups excluding carboxylic acids is 2. The van der Waals surface area contributed by atoms with Crippen LogP contribution in [0, 0.1) is 6.92 Å². The summed E-state index contributed by atoms with van der Waals surface area (Å²) in [5, 5.41) is 0. The van der Waals surface area contributed by atoms with Gasteiger partial charge in [-0.05, 0) is 41.8 Å². The van der Waals surface area contributed by atoms with Crippen molar-refractivity contribution < 1.29 is 14.3 Å². The van der Waals surface area contributed by atoms with Crippen LogP contribution in [0.1, 0.15) is 38.7 Å². The number of guanidine groups is 1. The van der Waals surface area contributed by atoms with Crippen LogP contribution in [0.3, 0.4) is 0 Å². The fourth-order valence-corrected chi connectivity index (χ4v) is 4.55. The Kier molecular flexibility index (Phi) is 7.64. The first-order valence-electron chi connectivity index (χ1n) is 12.8. The van der Waals surface area contributed by atoms with Gasteiger partial charge in [0.2, 0.25) is 5.96 Å². The molecule has 1 atom stereocenters. The third kappa shape index (κ3) is 5.80. The summed E-state index contributed by atoms with van der Waals surface area (Å²) in [5.74, 6) is -0.239. The van der Waals surface area contributed by atoms with E-state index < -0.39 is 12.0 Å². The molecule has 194 valence electrons. The zero-order valence-corrected chi connectivity index (χ0v) is 21.9. The Bertz CT molecular complexity index is 1500. The number of benzene rings is 4. The molecule has 2 amide bonds. The predicted octanol–water partition coefficient (Wildman–Crippen LogP) is 6.86. The fourth-order valence-electron chi connectivity index (χ4n) is 4.55. The van der Waals surface area contributed by atoms with E-state index in [1.807, 2.05) is 116 Å². The molecule has 0 spiro atoms. The van der Waals surface area contributed by atoms with Crippen molar-refractivity contribution in [3.63, 3.8) is 0 Å². The second kappa shape index (κ2) is 11.6. The third-order valence-electron chi connectivity index (χ3n) is 6.56. The van der Waals surface area contributed by atoms with Crippen molar-refractivity contribution in [1.82, 2.24) is 9.80 Å². The molecule has 0 bridgehead atoms. The molecule has 1 saturated heterocycles. The largest absolute Gasteiger partial charge is 0.444 e. The van der Waals surface area contributed by atoms with Crippen LogP contribution in [0.2, 0.25) is 0 Å². The van der Waals surface area contributed by atoms with Crippen molar-refractivity contribution >= 4 is 24.0 Å². The van der Waals surface area contributed by atoms with Crippen LogP contribution in [-0.2, 0) is 11.3 Å². The third-order valence-corrected chi connectivity index (χ3v) is 6.56. The molecule has 0 aliphatic carbocycles. The predicted molar refractivity (Wildman–Crippen MR) is 153 cm³/mol. The number of aliphatic imine (C=N–C) groups is 1. The van der Waals surface area contributed by atoms with E-state index in [0.717, 1.165) is 22.3 Å². The van der Waals surface area contributed by atoms with Gasteiger partial charge in [-0.2, -0.15) is 4.99 Å². The van der Waals surface area contributed by atoms with Crippen LogP contribution in [-0.4, -0.2) is 34.8 Å². The molecule has 4 aromatic rings. The highest BCUT2D eigenvalue weighted by molar-refractivity contribution is 6.08. The molecule has 0 N–H and O–H groups in total. The average Bonchev–Trinajstić information content (AvgIpc) is 3.24. The van der Waals surface area contributed by atoms with E-state index in [4.69, 9.17) is 4.74 Å². The molecule has 6 heteroatoms. The lowest BCUT2D eigenvalue weighted by Gasteiger charge is -2.21. The van der Waals surface area contributed by atoms with Gasteiger partial charge in [0.25, 0.3) is 5.91 Å². The Morgan fingerprint density at radius 2 is 1.41 bits per heavy atom. The highest BCUT2D eigenvalue weighted by Crippen LogP contribution is 2.39. The summed E-state index contributed by atoms with van der Waals surface area (Å²) in [7, 11) is 1.84. The highest BCUT2D eigenvalue weighted by atomic mass is 16.6. The van der Waals surface area contributed by atoms with Gasteiger partial charge in [0.15, 0.2) is 0 Å². The molecule has 1 aliphatic rings. The number of hydrogen-bond donors (Lipinski definition) is 0. The minimum absolute atomic E-state index is 0.0909. The molecule has 6 nitrogen and oxygen atoms in total. The molecule has 0 saturated carbocycles. The quantitative estimate of drug-likeness (QED) is 0.291. The first-order chi connectivity index (χ1) is 19.0. The summed E-state index contributed by atoms with van der Waals surface area (Å²) in [4.78, 5) is 34.7. The number of amides is 2. The van der Waals surface area contributed by atoms with Crippen LogP contribution in [0.15, 0.2) is 126 Å². The molecule has 1 heterocycles. The molecule has 1 unspecified atom stereocenters. The Morgan fingerprint density at radius 1 is 0.821 bits per heavy atom. The average molecular weight is 516 g/mol. The van der Waals surface area contributed by atoms with Crippen molar-refractivity contribution in [2.45, 2.75) is 19.6 Å². The fraction of sp³-hybridized carbons (Fsp3) is 0.121. The van der Waals surface area contributed by atoms with E-state index in [-0.39, 0.29) is 18.6 Å². The van der Waals surface area contributed by atoms with Gasteiger partial charge in [0.05, 0.1) is 11.7 Å². The highest BCUT2D eigenvalue weighted by Gasteiger charge is 2.43. The number of likely N-dealkylation sites (N-methyl/N-ethyl adjacent to an activating group) is 1. The number of ether oxygens (including phenoxy) is 1. The number of hydrogen-bond acceptors (Lipinski definition) is 3. The Balaban J connectivity index is 1.62. The van der Waals surface area contributed by atoms with Gasteiger partial charge in [-0.3, -0.25) is 4.79 Å². The monoisotopic (exact) mass is 515 g/mol. The lowest BCUT2D eigenvalue weighted by Crippen LogP contribution is -2.37. The van der Waals surface area contributed by atoms with Gasteiger partial charge < -0.3 is 9.64 Å². The van der Waals surface area contributed by atoms with Crippen LogP contribution in [0.25, 0.3) is 6.08 Å². The molecule has 1 fully saturated rings. The van der Waals surface area contributed by atoms with Crippen molar-refractivity contribution in [2.24, 2.45) is 4.99 Å². The second-order valence-corrected chi connectivity index (χ2v) is 9.36. The van der Waals surface area contributed by atoms with E-state index >= 15 is 0 Å². The van der Waals surface area contributed by atoms with Crippen molar-refractivity contribution in [3.8, 4) is 0 Å². The van der Waals surface area contributed by atoms with Crippen molar-refractivity contribution in [3.05, 3.63) is 149 Å². The Labute approximate surface area is 228 Å². The van der Waals surface area contributed by atoms with Gasteiger partial charge >= 0.3 is 6.09 Å². The SMILES string of the molecule is Cc1ccc(C2/C(=C/c3ccccc3)N(C(=O)OCc3ccccc3)C(=NC(=O)c3ccccc3)N2C)cc1. The maximum Gasteiger partial charge on any atom is 0.421 e. The van der Waals surface area contributed by atoms with E-state index in [0.29, 0.717) is 11.3 Å². The topological polar surface area (TPSA) is 62.2 Å². The van der Waals surface area contributed by atoms with E-state index in [1.165, 1.54) is 4.90 Å². The summed E-state index contributed by atoms with van der Waals surface area (Å²) in [6.45, 7) is 2.12. The smallest absolute Gasteiger partial charge is 0.421 e. The van der Waals surface area contributed by atoms with Gasteiger partial charge in [-0.15, -0.1) is 0 Å². The summed E-state index contributed by atoms with van der Waals surface area (Å²) >= 11 is 0. The molecular formula is C33H29N3O3. The molecule has 5 rings (SSSR count). The first-order valence-corrected chi connectivity index (χ1v) is 12.8. The number of rotatable bonds is 5. The summed E-state index contributed by atoms with van der Waals surface area (Å²) in [6, 6.07) is 35.8. The molecule has 1 aliphatic heterocycles. The minimum atomic E-state index is -0.609. The maximum atomic E-state index is 13.8. The van der Waals surface area contributed by atoms with Crippen LogP contribution < -0.4 is 0 Å². The van der Waals surface area contributed by atoms with E-state index in [2.05, 4.69) is 4.99 Å². The van der Waals surface area contributed by atoms with Gasteiger partial charge in [0.1, 0.15) is 6.61 Å². The normalized spacial score (nSPS) is 17.0. The molecular weight excluding hydrogens is 486 g/mol. The minimum Gasteiger partial charge on any atom is -0.444 e. The Hall–Kier alpha value is -4.97. The zero-order valence-electron chi connectivity index (χ0n) is 21.9. The van der Waals surface area contributed by atoms with Crippen molar-refractivity contribution in [2.75, 3.05) is 7.05 Å². The Morgan fingerprint density at radius 3 is 2.05 bits per heavy atom. The molecule has 39 heavy (non-hydrogen) atoms. The molecule has 0 radical (unpaired) electrons. The summed E-state index contributed by atoms with van der Waals surface area (Å²) in [6.07, 6.45) is 1.34. The van der Waals surface area contributed by atoms with Gasteiger partial charge in [0, 0.05) is 12.6 Å². The summed E-state index contributed by atoms with van der Waals surface area (Å²) in [5.41, 5.74) is 4.94. The number of nitrogens with zero attached hydrogens (tertiary/aromatic N) is 3. The second-order valence-electron chi connectivity index (χ2n) is 9.36.